The van der Waals surface area contributed by atoms with Crippen LogP contribution >= 0.6 is 0 Å². The van der Waals surface area contributed by atoms with Gasteiger partial charge in [-0.05, 0) is 106 Å². The summed E-state index contributed by atoms with van der Waals surface area (Å²) >= 11 is 0. The van der Waals surface area contributed by atoms with Crippen LogP contribution in [0.15, 0.2) is 35.5 Å². The van der Waals surface area contributed by atoms with E-state index in [1.54, 1.807) is 5.57 Å². The van der Waals surface area contributed by atoms with E-state index in [4.69, 9.17) is 0 Å². The second-order valence-electron chi connectivity index (χ2n) is 10.8. The van der Waals surface area contributed by atoms with E-state index < -0.39 is 0 Å². The SMILES string of the molecule is CC1=CC(C)CC2(CCC2)CCC2C(=CCC=CCC2C)CC1C1CCC1. The maximum absolute atomic E-state index is 2.70. The summed E-state index contributed by atoms with van der Waals surface area (Å²) < 4.78 is 0. The molecule has 0 aliphatic heterocycles. The fourth-order valence-electron chi connectivity index (χ4n) is 6.82. The standard InChI is InChI=1S/C27H42/c1-20-17-22(3)26(23-11-7-12-23)18-24-10-6-4-5-9-21(2)25(24)13-16-27(19-20)14-8-15-27/h4-5,10,17,20-21,23,25-26H,6-9,11-16,18-19H2,1-3H3. The maximum Gasteiger partial charge on any atom is -0.0140 e. The molecule has 1 spiro atoms. The molecule has 0 aromatic heterocycles. The van der Waals surface area contributed by atoms with E-state index in [2.05, 4.69) is 45.1 Å². The molecule has 0 amide bonds. The Balaban J connectivity index is 1.67. The van der Waals surface area contributed by atoms with Crippen molar-refractivity contribution in [1.82, 2.24) is 0 Å². The largest absolute Gasteiger partial charge is 0.0879 e. The maximum atomic E-state index is 2.70. The van der Waals surface area contributed by atoms with Gasteiger partial charge in [-0.25, -0.2) is 0 Å². The van der Waals surface area contributed by atoms with Crippen molar-refractivity contribution in [2.75, 3.05) is 0 Å². The molecule has 0 heteroatoms. The van der Waals surface area contributed by atoms with Crippen molar-refractivity contribution < 1.29 is 0 Å². The van der Waals surface area contributed by atoms with E-state index in [0.717, 1.165) is 29.6 Å². The van der Waals surface area contributed by atoms with Crippen LogP contribution in [0.25, 0.3) is 0 Å². The second kappa shape index (κ2) is 8.30. The number of allylic oxidation sites excluding steroid dienone is 6. The van der Waals surface area contributed by atoms with E-state index in [0.29, 0.717) is 5.41 Å². The molecule has 0 aromatic carbocycles. The first-order chi connectivity index (χ1) is 13.1. The van der Waals surface area contributed by atoms with Crippen LogP contribution in [0, 0.1) is 35.0 Å². The van der Waals surface area contributed by atoms with Gasteiger partial charge in [0.15, 0.2) is 0 Å². The van der Waals surface area contributed by atoms with Crippen molar-refractivity contribution in [3.63, 3.8) is 0 Å². The molecular formula is C27H42. The molecule has 0 nitrogen and oxygen atoms in total. The average molecular weight is 367 g/mol. The molecule has 0 radical (unpaired) electrons. The number of hydrogen-bond acceptors (Lipinski definition) is 0. The van der Waals surface area contributed by atoms with Gasteiger partial charge in [-0.2, -0.15) is 0 Å². The van der Waals surface area contributed by atoms with Crippen LogP contribution in [-0.4, -0.2) is 0 Å². The molecule has 0 saturated heterocycles. The predicted octanol–water partition coefficient (Wildman–Crippen LogP) is 8.26. The number of fused-ring (bicyclic) bond motifs is 1. The first kappa shape index (κ1) is 19.5. The molecule has 0 N–H and O–H groups in total. The highest BCUT2D eigenvalue weighted by atomic mass is 14.4. The Morgan fingerprint density at radius 3 is 2.41 bits per heavy atom. The van der Waals surface area contributed by atoms with Gasteiger partial charge in [-0.1, -0.05) is 62.1 Å². The molecular weight excluding hydrogens is 324 g/mol. The van der Waals surface area contributed by atoms with Crippen LogP contribution in [0.3, 0.4) is 0 Å². The van der Waals surface area contributed by atoms with Gasteiger partial charge in [0, 0.05) is 0 Å². The smallest absolute Gasteiger partial charge is 0.0140 e. The minimum Gasteiger partial charge on any atom is -0.0879 e. The lowest BCUT2D eigenvalue weighted by Gasteiger charge is -2.45. The van der Waals surface area contributed by atoms with Crippen molar-refractivity contribution in [3.8, 4) is 0 Å². The molecule has 0 bridgehead atoms. The van der Waals surface area contributed by atoms with Gasteiger partial charge in [0.05, 0.1) is 0 Å². The summed E-state index contributed by atoms with van der Waals surface area (Å²) in [4.78, 5) is 0. The lowest BCUT2D eigenvalue weighted by Crippen LogP contribution is -2.32. The van der Waals surface area contributed by atoms with Crippen LogP contribution in [0.1, 0.15) is 97.8 Å². The van der Waals surface area contributed by atoms with Crippen LogP contribution < -0.4 is 0 Å². The highest BCUT2D eigenvalue weighted by Gasteiger charge is 2.40. The minimum atomic E-state index is 0.676. The van der Waals surface area contributed by atoms with Crippen molar-refractivity contribution in [2.24, 2.45) is 35.0 Å². The van der Waals surface area contributed by atoms with Crippen LogP contribution in [0.5, 0.6) is 0 Å². The van der Waals surface area contributed by atoms with E-state index in [-0.39, 0.29) is 0 Å². The normalized spacial score (nSPS) is 37.6. The third-order valence-electron chi connectivity index (χ3n) is 8.82. The van der Waals surface area contributed by atoms with E-state index in [1.165, 1.54) is 77.0 Å². The molecule has 4 aliphatic rings. The molecule has 4 aliphatic carbocycles. The molecule has 150 valence electrons. The molecule has 2 fully saturated rings. The molecule has 27 heavy (non-hydrogen) atoms. The molecule has 4 atom stereocenters. The molecule has 4 rings (SSSR count). The van der Waals surface area contributed by atoms with Gasteiger partial charge >= 0.3 is 0 Å². The Morgan fingerprint density at radius 2 is 1.74 bits per heavy atom. The summed E-state index contributed by atoms with van der Waals surface area (Å²) in [5, 5.41) is 0. The van der Waals surface area contributed by atoms with Crippen LogP contribution in [0.4, 0.5) is 0 Å². The van der Waals surface area contributed by atoms with Gasteiger partial charge in [0.25, 0.3) is 0 Å². The zero-order chi connectivity index (χ0) is 18.9. The third-order valence-corrected chi connectivity index (χ3v) is 8.82. The molecule has 0 heterocycles. The first-order valence-corrected chi connectivity index (χ1v) is 12.1. The van der Waals surface area contributed by atoms with Gasteiger partial charge in [-0.15, -0.1) is 0 Å². The van der Waals surface area contributed by atoms with E-state index in [9.17, 15) is 0 Å². The lowest BCUT2D eigenvalue weighted by molar-refractivity contribution is 0.0815. The van der Waals surface area contributed by atoms with Gasteiger partial charge in [0.2, 0.25) is 0 Å². The molecule has 0 aromatic rings. The summed E-state index contributed by atoms with van der Waals surface area (Å²) in [6.07, 6.45) is 27.3. The van der Waals surface area contributed by atoms with Gasteiger partial charge in [0.1, 0.15) is 0 Å². The van der Waals surface area contributed by atoms with Crippen molar-refractivity contribution in [3.05, 3.63) is 35.5 Å². The van der Waals surface area contributed by atoms with Crippen molar-refractivity contribution in [1.29, 1.82) is 0 Å². The summed E-state index contributed by atoms with van der Waals surface area (Å²) in [5.41, 5.74) is 4.24. The highest BCUT2D eigenvalue weighted by Crippen LogP contribution is 2.53. The van der Waals surface area contributed by atoms with Crippen molar-refractivity contribution >= 4 is 0 Å². The fraction of sp³-hybridized carbons (Fsp3) is 0.778. The predicted molar refractivity (Wildman–Crippen MR) is 118 cm³/mol. The number of rotatable bonds is 1. The Morgan fingerprint density at radius 1 is 0.926 bits per heavy atom. The minimum absolute atomic E-state index is 0.676. The van der Waals surface area contributed by atoms with Crippen molar-refractivity contribution in [2.45, 2.75) is 97.8 Å². The Kier molecular flexibility index (Phi) is 6.00. The summed E-state index contributed by atoms with van der Waals surface area (Å²) in [5.74, 6) is 4.20. The summed E-state index contributed by atoms with van der Waals surface area (Å²) in [7, 11) is 0. The molecule has 2 saturated carbocycles. The summed E-state index contributed by atoms with van der Waals surface area (Å²) in [6, 6.07) is 0. The van der Waals surface area contributed by atoms with Gasteiger partial charge in [-0.3, -0.25) is 0 Å². The quantitative estimate of drug-likeness (QED) is 0.410. The van der Waals surface area contributed by atoms with E-state index in [1.807, 2.05) is 5.57 Å². The Bertz CT molecular complexity index is 596. The van der Waals surface area contributed by atoms with E-state index >= 15 is 0 Å². The zero-order valence-corrected chi connectivity index (χ0v) is 18.2. The van der Waals surface area contributed by atoms with Gasteiger partial charge < -0.3 is 0 Å². The Labute approximate surface area is 168 Å². The fourth-order valence-corrected chi connectivity index (χ4v) is 6.82. The first-order valence-electron chi connectivity index (χ1n) is 12.1. The average Bonchev–Trinajstić information content (AvgIpc) is 2.55. The second-order valence-corrected chi connectivity index (χ2v) is 10.8. The monoisotopic (exact) mass is 366 g/mol. The molecule has 4 unspecified atom stereocenters. The summed E-state index contributed by atoms with van der Waals surface area (Å²) in [6.45, 7) is 7.52. The lowest BCUT2D eigenvalue weighted by atomic mass is 9.60. The van der Waals surface area contributed by atoms with Crippen LogP contribution in [0.2, 0.25) is 0 Å². The number of hydrogen-bond donors (Lipinski definition) is 0. The Hall–Kier alpha value is -0.780. The topological polar surface area (TPSA) is 0 Å². The third kappa shape index (κ3) is 4.30. The highest BCUT2D eigenvalue weighted by molar-refractivity contribution is 5.20. The zero-order valence-electron chi connectivity index (χ0n) is 18.2. The van der Waals surface area contributed by atoms with Crippen LogP contribution in [-0.2, 0) is 0 Å².